The minimum Gasteiger partial charge on any atom is -0.458 e. The van der Waals surface area contributed by atoms with Crippen LogP contribution in [-0.2, 0) is 19.1 Å². The molecule has 4 heteroatoms. The number of esters is 2. The van der Waals surface area contributed by atoms with Gasteiger partial charge in [0.15, 0.2) is 0 Å². The molecular formula is C18H28O4. The second-order valence-electron chi connectivity index (χ2n) is 8.85. The average molecular weight is 308 g/mol. The molecule has 0 aromatic rings. The van der Waals surface area contributed by atoms with E-state index in [1.807, 2.05) is 0 Å². The van der Waals surface area contributed by atoms with Gasteiger partial charge in [0.1, 0.15) is 12.2 Å². The van der Waals surface area contributed by atoms with E-state index in [0.29, 0.717) is 11.8 Å². The Morgan fingerprint density at radius 2 is 2.00 bits per heavy atom. The van der Waals surface area contributed by atoms with Gasteiger partial charge in [-0.25, -0.2) is 0 Å². The standard InChI is InChI=1S/C18H28O4/c1-9(2)6-13(18(3,4)5)17(20)21-14-10-7-11-12(8-10)16(19)22-15(11)14/h9-15H,6-8H2,1-5H3. The molecule has 0 spiro atoms. The SMILES string of the molecule is CC(C)CC(C(=O)OC1C2CC3C(=O)OC1C3C2)C(C)(C)C. The third-order valence-corrected chi connectivity index (χ3v) is 5.70. The third kappa shape index (κ3) is 2.55. The predicted octanol–water partition coefficient (Wildman–Crippen LogP) is 3.19. The van der Waals surface area contributed by atoms with Crippen molar-refractivity contribution in [1.29, 1.82) is 0 Å². The Hall–Kier alpha value is -1.06. The zero-order valence-corrected chi connectivity index (χ0v) is 14.3. The van der Waals surface area contributed by atoms with Crippen LogP contribution in [0.4, 0.5) is 0 Å². The van der Waals surface area contributed by atoms with Crippen molar-refractivity contribution in [3.8, 4) is 0 Å². The molecule has 4 nitrogen and oxygen atoms in total. The summed E-state index contributed by atoms with van der Waals surface area (Å²) < 4.78 is 11.4. The van der Waals surface area contributed by atoms with Crippen LogP contribution in [0.5, 0.6) is 0 Å². The van der Waals surface area contributed by atoms with Crippen LogP contribution in [0, 0.1) is 35.0 Å². The van der Waals surface area contributed by atoms with Gasteiger partial charge in [-0.1, -0.05) is 34.6 Å². The molecule has 0 N–H and O–H groups in total. The number of carbonyl (C=O) groups excluding carboxylic acids is 2. The number of rotatable bonds is 4. The van der Waals surface area contributed by atoms with Gasteiger partial charge in [0.25, 0.3) is 0 Å². The summed E-state index contributed by atoms with van der Waals surface area (Å²) in [5.41, 5.74) is -0.117. The Kier molecular flexibility index (Phi) is 3.77. The average Bonchev–Trinajstić information content (AvgIpc) is 2.98. The molecule has 3 rings (SSSR count). The summed E-state index contributed by atoms with van der Waals surface area (Å²) in [5.74, 6) is 0.816. The Morgan fingerprint density at radius 3 is 2.59 bits per heavy atom. The molecule has 1 aliphatic heterocycles. The smallest absolute Gasteiger partial charge is 0.309 e. The van der Waals surface area contributed by atoms with Crippen LogP contribution in [0.1, 0.15) is 53.9 Å². The first kappa shape index (κ1) is 15.8. The van der Waals surface area contributed by atoms with Crippen molar-refractivity contribution in [2.45, 2.75) is 66.1 Å². The second-order valence-corrected chi connectivity index (χ2v) is 8.85. The number of carbonyl (C=O) groups is 2. The van der Waals surface area contributed by atoms with E-state index < -0.39 is 0 Å². The molecule has 2 saturated carbocycles. The van der Waals surface area contributed by atoms with Crippen molar-refractivity contribution in [2.75, 3.05) is 0 Å². The lowest BCUT2D eigenvalue weighted by molar-refractivity contribution is -0.169. The van der Waals surface area contributed by atoms with Crippen LogP contribution in [-0.4, -0.2) is 24.1 Å². The second kappa shape index (κ2) is 5.24. The first-order chi connectivity index (χ1) is 10.2. The molecule has 0 aromatic carbocycles. The quantitative estimate of drug-likeness (QED) is 0.748. The molecule has 0 aromatic heterocycles. The van der Waals surface area contributed by atoms with E-state index >= 15 is 0 Å². The van der Waals surface area contributed by atoms with E-state index in [1.165, 1.54) is 0 Å². The van der Waals surface area contributed by atoms with Gasteiger partial charge in [0.2, 0.25) is 0 Å². The monoisotopic (exact) mass is 308 g/mol. The summed E-state index contributed by atoms with van der Waals surface area (Å²) in [4.78, 5) is 24.6. The fraction of sp³-hybridized carbons (Fsp3) is 0.889. The summed E-state index contributed by atoms with van der Waals surface area (Å²) >= 11 is 0. The molecule has 1 heterocycles. The van der Waals surface area contributed by atoms with Crippen molar-refractivity contribution in [1.82, 2.24) is 0 Å². The molecule has 124 valence electrons. The molecule has 2 aliphatic carbocycles. The van der Waals surface area contributed by atoms with Crippen LogP contribution >= 0.6 is 0 Å². The summed E-state index contributed by atoms with van der Waals surface area (Å²) in [6.07, 6.45) is 2.25. The fourth-order valence-corrected chi connectivity index (χ4v) is 4.56. The van der Waals surface area contributed by atoms with Crippen LogP contribution in [0.15, 0.2) is 0 Å². The maximum Gasteiger partial charge on any atom is 0.309 e. The Morgan fingerprint density at radius 1 is 1.32 bits per heavy atom. The summed E-state index contributed by atoms with van der Waals surface area (Å²) in [6, 6.07) is 0. The van der Waals surface area contributed by atoms with Gasteiger partial charge < -0.3 is 9.47 Å². The van der Waals surface area contributed by atoms with Crippen molar-refractivity contribution < 1.29 is 19.1 Å². The fourth-order valence-electron chi connectivity index (χ4n) is 4.56. The lowest BCUT2D eigenvalue weighted by Gasteiger charge is -2.33. The molecule has 1 saturated heterocycles. The van der Waals surface area contributed by atoms with E-state index in [-0.39, 0.29) is 47.3 Å². The normalized spacial score (nSPS) is 37.5. The van der Waals surface area contributed by atoms with Crippen LogP contribution < -0.4 is 0 Å². The minimum atomic E-state index is -0.211. The zero-order valence-electron chi connectivity index (χ0n) is 14.3. The molecule has 6 unspecified atom stereocenters. The highest BCUT2D eigenvalue weighted by Gasteiger charge is 2.63. The van der Waals surface area contributed by atoms with Crippen molar-refractivity contribution in [3.05, 3.63) is 0 Å². The number of hydrogen-bond acceptors (Lipinski definition) is 4. The Bertz CT molecular complexity index is 476. The van der Waals surface area contributed by atoms with Gasteiger partial charge in [-0.3, -0.25) is 9.59 Å². The van der Waals surface area contributed by atoms with Crippen LogP contribution in [0.25, 0.3) is 0 Å². The molecule has 6 atom stereocenters. The lowest BCUT2D eigenvalue weighted by atomic mass is 9.76. The van der Waals surface area contributed by atoms with E-state index in [2.05, 4.69) is 34.6 Å². The molecule has 3 aliphatic rings. The van der Waals surface area contributed by atoms with E-state index in [9.17, 15) is 9.59 Å². The molecule has 22 heavy (non-hydrogen) atoms. The van der Waals surface area contributed by atoms with Crippen molar-refractivity contribution in [3.63, 3.8) is 0 Å². The highest BCUT2D eigenvalue weighted by atomic mass is 16.6. The summed E-state index contributed by atoms with van der Waals surface area (Å²) in [7, 11) is 0. The molecule has 2 bridgehead atoms. The van der Waals surface area contributed by atoms with Gasteiger partial charge in [0, 0.05) is 11.8 Å². The molecule has 3 fully saturated rings. The third-order valence-electron chi connectivity index (χ3n) is 5.70. The number of ether oxygens (including phenoxy) is 2. The van der Waals surface area contributed by atoms with Crippen LogP contribution in [0.2, 0.25) is 0 Å². The first-order valence-electron chi connectivity index (χ1n) is 8.59. The first-order valence-corrected chi connectivity index (χ1v) is 8.59. The molecular weight excluding hydrogens is 280 g/mol. The van der Waals surface area contributed by atoms with Gasteiger partial charge in [-0.2, -0.15) is 0 Å². The van der Waals surface area contributed by atoms with Gasteiger partial charge in [-0.05, 0) is 30.6 Å². The molecule has 0 amide bonds. The van der Waals surface area contributed by atoms with E-state index in [1.54, 1.807) is 0 Å². The highest BCUT2D eigenvalue weighted by molar-refractivity contribution is 5.77. The number of hydrogen-bond donors (Lipinski definition) is 0. The largest absolute Gasteiger partial charge is 0.458 e. The topological polar surface area (TPSA) is 52.6 Å². The lowest BCUT2D eigenvalue weighted by Crippen LogP contribution is -2.40. The maximum atomic E-state index is 12.8. The highest BCUT2D eigenvalue weighted by Crippen LogP contribution is 2.55. The zero-order chi connectivity index (χ0) is 16.2. The van der Waals surface area contributed by atoms with Gasteiger partial charge >= 0.3 is 11.9 Å². The van der Waals surface area contributed by atoms with Crippen molar-refractivity contribution >= 4 is 11.9 Å². The Balaban J connectivity index is 1.70. The van der Waals surface area contributed by atoms with Gasteiger partial charge in [-0.15, -0.1) is 0 Å². The minimum absolute atomic E-state index is 0.0685. The molecule has 0 radical (unpaired) electrons. The maximum absolute atomic E-state index is 12.8. The Labute approximate surface area is 132 Å². The summed E-state index contributed by atoms with van der Waals surface area (Å²) in [5, 5.41) is 0. The van der Waals surface area contributed by atoms with Crippen LogP contribution in [0.3, 0.4) is 0 Å². The van der Waals surface area contributed by atoms with E-state index in [0.717, 1.165) is 19.3 Å². The predicted molar refractivity (Wildman–Crippen MR) is 81.9 cm³/mol. The van der Waals surface area contributed by atoms with Crippen molar-refractivity contribution in [2.24, 2.45) is 35.0 Å². The van der Waals surface area contributed by atoms with E-state index in [4.69, 9.17) is 9.47 Å². The van der Waals surface area contributed by atoms with Gasteiger partial charge in [0.05, 0.1) is 11.8 Å². The summed E-state index contributed by atoms with van der Waals surface area (Å²) in [6.45, 7) is 10.5. The number of fused-ring (bicyclic) bond motifs is 1.